The molecule has 0 saturated carbocycles. The van der Waals surface area contributed by atoms with Crippen LogP contribution < -0.4 is 10.7 Å². The topological polar surface area (TPSA) is 71.2 Å². The van der Waals surface area contributed by atoms with Gasteiger partial charge in [-0.3, -0.25) is 4.90 Å². The van der Waals surface area contributed by atoms with E-state index in [1.54, 1.807) is 14.0 Å². The van der Waals surface area contributed by atoms with Crippen LogP contribution in [0.2, 0.25) is 0 Å². The summed E-state index contributed by atoms with van der Waals surface area (Å²) in [6, 6.07) is 24.9. The zero-order valence-corrected chi connectivity index (χ0v) is 23.0. The lowest BCUT2D eigenvalue weighted by Crippen LogP contribution is -2.46. The zero-order valence-electron chi connectivity index (χ0n) is 23.0. The molecule has 8 heteroatoms. The van der Waals surface area contributed by atoms with Gasteiger partial charge in [-0.25, -0.2) is 14.2 Å². The summed E-state index contributed by atoms with van der Waals surface area (Å²) < 4.78 is 12.7. The molecule has 0 N–H and O–H groups in total. The first-order chi connectivity index (χ1) is 18.8. The summed E-state index contributed by atoms with van der Waals surface area (Å²) in [4.78, 5) is 31.5. The van der Waals surface area contributed by atoms with E-state index in [0.29, 0.717) is 11.1 Å². The first-order valence-electron chi connectivity index (χ1n) is 13.5. The molecule has 1 fully saturated rings. The van der Waals surface area contributed by atoms with Crippen molar-refractivity contribution in [1.29, 1.82) is 0 Å². The number of hydrogen-bond acceptors (Lipinski definition) is 6. The fourth-order valence-electron chi connectivity index (χ4n) is 5.01. The number of piperazine rings is 1. The molecule has 1 amide bonds. The van der Waals surface area contributed by atoms with Crippen LogP contribution in [0.25, 0.3) is 22.2 Å². The van der Waals surface area contributed by atoms with Crippen LogP contribution in [0, 0.1) is 0 Å². The lowest BCUT2D eigenvalue weighted by molar-refractivity contribution is 0.0369. The van der Waals surface area contributed by atoms with Crippen molar-refractivity contribution in [1.82, 2.24) is 14.4 Å². The maximum absolute atomic E-state index is 12.9. The molecule has 1 unspecified atom stereocenters. The molecule has 8 nitrogen and oxygen atoms in total. The van der Waals surface area contributed by atoms with Crippen LogP contribution in [0.15, 0.2) is 82.0 Å². The van der Waals surface area contributed by atoms with Gasteiger partial charge in [-0.2, -0.15) is 0 Å². The summed E-state index contributed by atoms with van der Waals surface area (Å²) in [6.45, 7) is 9.79. The van der Waals surface area contributed by atoms with Gasteiger partial charge in [0.05, 0.1) is 11.2 Å². The number of rotatable bonds is 7. The Labute approximate surface area is 229 Å². The number of ether oxygens (including phenoxy) is 1. The molecule has 0 bridgehead atoms. The van der Waals surface area contributed by atoms with Crippen molar-refractivity contribution in [3.8, 4) is 11.1 Å². The molecule has 39 heavy (non-hydrogen) atoms. The average Bonchev–Trinajstić information content (AvgIpc) is 3.29. The quantitative estimate of drug-likeness (QED) is 0.312. The second kappa shape index (κ2) is 11.4. The number of para-hydroxylation sites is 1. The summed E-state index contributed by atoms with van der Waals surface area (Å²) in [5.41, 5.74) is 5.76. The highest BCUT2D eigenvalue weighted by Crippen LogP contribution is 2.29. The minimum absolute atomic E-state index is 0.0133. The molecule has 1 atom stereocenters. The Morgan fingerprint density at radius 3 is 2.33 bits per heavy atom. The van der Waals surface area contributed by atoms with Crippen molar-refractivity contribution in [2.45, 2.75) is 39.6 Å². The number of benzene rings is 3. The predicted octanol–water partition coefficient (Wildman–Crippen LogP) is 5.58. The molecule has 3 aromatic carbocycles. The minimum atomic E-state index is -0.800. The summed E-state index contributed by atoms with van der Waals surface area (Å²) in [7, 11) is 1.67. The average molecular weight is 529 g/mol. The van der Waals surface area contributed by atoms with Gasteiger partial charge < -0.3 is 19.0 Å². The number of nitrogens with zero attached hydrogens (tertiary/aromatic N) is 4. The molecule has 0 aliphatic carbocycles. The third-order valence-corrected chi connectivity index (χ3v) is 7.47. The minimum Gasteiger partial charge on any atom is -0.425 e. The molecule has 204 valence electrons. The second-order valence-electron chi connectivity index (χ2n) is 10.4. The van der Waals surface area contributed by atoms with Gasteiger partial charge in [-0.05, 0) is 55.7 Å². The molecule has 4 aromatic rings. The maximum atomic E-state index is 12.9. The van der Waals surface area contributed by atoms with E-state index in [1.165, 1.54) is 26.2 Å². The van der Waals surface area contributed by atoms with Gasteiger partial charge >= 0.3 is 11.8 Å². The van der Waals surface area contributed by atoms with E-state index < -0.39 is 18.1 Å². The van der Waals surface area contributed by atoms with E-state index in [1.807, 2.05) is 38.1 Å². The molecule has 5 rings (SSSR count). The molecule has 1 aromatic heterocycles. The van der Waals surface area contributed by atoms with Crippen molar-refractivity contribution in [3.05, 3.63) is 88.9 Å². The number of carbonyl (C=O) groups excluding carboxylic acids is 1. The molecule has 2 heterocycles. The summed E-state index contributed by atoms with van der Waals surface area (Å²) >= 11 is 0. The van der Waals surface area contributed by atoms with Crippen molar-refractivity contribution in [3.63, 3.8) is 0 Å². The largest absolute Gasteiger partial charge is 0.425 e. The Hall–Kier alpha value is -4.04. The highest BCUT2D eigenvalue weighted by atomic mass is 16.6. The molecular formula is C31H36N4O4. The lowest BCUT2D eigenvalue weighted by atomic mass is 10.0. The van der Waals surface area contributed by atoms with Crippen LogP contribution in [0.4, 0.5) is 10.5 Å². The maximum Gasteiger partial charge on any atom is 0.423 e. The molecular weight excluding hydrogens is 492 g/mol. The fourth-order valence-corrected chi connectivity index (χ4v) is 5.01. The molecule has 0 spiro atoms. The number of fused-ring (bicyclic) bond motifs is 1. The number of amides is 1. The van der Waals surface area contributed by atoms with Crippen molar-refractivity contribution in [2.24, 2.45) is 0 Å². The van der Waals surface area contributed by atoms with Crippen molar-refractivity contribution < 1.29 is 13.9 Å². The van der Waals surface area contributed by atoms with Gasteiger partial charge in [-0.15, -0.1) is 0 Å². The van der Waals surface area contributed by atoms with Gasteiger partial charge in [0.25, 0.3) is 0 Å². The van der Waals surface area contributed by atoms with E-state index in [2.05, 4.69) is 58.3 Å². The molecule has 1 saturated heterocycles. The SMILES string of the molecule is CC(C)N(C)C(=O)OC(C)n1c(=O)oc2c(N3CCN(Cc4cccc(-c5ccccc5)c4)CC3)cccc21. The summed E-state index contributed by atoms with van der Waals surface area (Å²) in [6.07, 6.45) is -1.29. The van der Waals surface area contributed by atoms with Crippen molar-refractivity contribution in [2.75, 3.05) is 38.1 Å². The number of anilines is 1. The Bertz CT molecular complexity index is 1490. The normalized spacial score (nSPS) is 15.1. The Kier molecular flexibility index (Phi) is 7.74. The first kappa shape index (κ1) is 26.6. The Balaban J connectivity index is 1.27. The van der Waals surface area contributed by atoms with Crippen LogP contribution in [0.1, 0.15) is 32.6 Å². The number of aromatic nitrogens is 1. The van der Waals surface area contributed by atoms with Gasteiger partial charge in [0, 0.05) is 45.8 Å². The summed E-state index contributed by atoms with van der Waals surface area (Å²) in [5, 5.41) is 0. The van der Waals surface area contributed by atoms with Crippen LogP contribution in [0.5, 0.6) is 0 Å². The summed E-state index contributed by atoms with van der Waals surface area (Å²) in [5.74, 6) is -0.540. The smallest absolute Gasteiger partial charge is 0.423 e. The predicted molar refractivity (Wildman–Crippen MR) is 154 cm³/mol. The van der Waals surface area contributed by atoms with Crippen molar-refractivity contribution >= 4 is 22.9 Å². The number of oxazole rings is 1. The molecule has 1 aliphatic rings. The number of hydrogen-bond donors (Lipinski definition) is 0. The van der Waals surface area contributed by atoms with E-state index >= 15 is 0 Å². The van der Waals surface area contributed by atoms with Crippen LogP contribution >= 0.6 is 0 Å². The second-order valence-corrected chi connectivity index (χ2v) is 10.4. The standard InChI is InChI=1S/C31H36N4O4/c1-22(2)32(4)30(36)38-23(3)35-28-15-9-14-27(29(28)39-31(35)37)34-18-16-33(17-19-34)21-24-10-8-13-26(20-24)25-11-6-5-7-12-25/h5-15,20,22-23H,16-19,21H2,1-4H3. The van der Waals surface area contributed by atoms with E-state index in [-0.39, 0.29) is 6.04 Å². The fraction of sp³-hybridized carbons (Fsp3) is 0.355. The number of carbonyl (C=O) groups is 1. The lowest BCUT2D eigenvalue weighted by Gasteiger charge is -2.36. The Morgan fingerprint density at radius 2 is 1.62 bits per heavy atom. The van der Waals surface area contributed by atoms with Gasteiger partial charge in [0.1, 0.15) is 0 Å². The zero-order chi connectivity index (χ0) is 27.5. The van der Waals surface area contributed by atoms with E-state index in [9.17, 15) is 9.59 Å². The van der Waals surface area contributed by atoms with Gasteiger partial charge in [-0.1, -0.05) is 54.6 Å². The molecule has 1 aliphatic heterocycles. The van der Waals surface area contributed by atoms with E-state index in [4.69, 9.17) is 9.15 Å². The third-order valence-electron chi connectivity index (χ3n) is 7.47. The first-order valence-corrected chi connectivity index (χ1v) is 13.5. The highest BCUT2D eigenvalue weighted by molar-refractivity contribution is 5.87. The Morgan fingerprint density at radius 1 is 0.923 bits per heavy atom. The van der Waals surface area contributed by atoms with E-state index in [0.717, 1.165) is 38.4 Å². The monoisotopic (exact) mass is 528 g/mol. The van der Waals surface area contributed by atoms with Crippen LogP contribution in [-0.2, 0) is 11.3 Å². The van der Waals surface area contributed by atoms with Gasteiger partial charge in [0.15, 0.2) is 11.8 Å². The van der Waals surface area contributed by atoms with Crippen LogP contribution in [0.3, 0.4) is 0 Å². The molecule has 0 radical (unpaired) electrons. The van der Waals surface area contributed by atoms with Gasteiger partial charge in [0.2, 0.25) is 0 Å². The highest BCUT2D eigenvalue weighted by Gasteiger charge is 2.25. The third kappa shape index (κ3) is 5.71. The van der Waals surface area contributed by atoms with Crippen LogP contribution in [-0.4, -0.2) is 59.7 Å².